The first-order valence-electron chi connectivity index (χ1n) is 16.2. The third-order valence-corrected chi connectivity index (χ3v) is 11.3. The number of hydrogen-bond donors (Lipinski definition) is 5. The van der Waals surface area contributed by atoms with Crippen molar-refractivity contribution in [3.8, 4) is 16.9 Å². The number of benzene rings is 4. The molecule has 2 saturated heterocycles. The fourth-order valence-electron chi connectivity index (χ4n) is 6.70. The number of carbonyl (C=O) groups excluding carboxylic acids is 1. The van der Waals surface area contributed by atoms with Crippen LogP contribution in [0.4, 0.5) is 14.5 Å². The van der Waals surface area contributed by atoms with Crippen molar-refractivity contribution < 1.29 is 57.0 Å². The standard InChI is InChI=1S/C37H37F2NO10S/c1-49-37-35(45)34(44)33(43)30(50-37)19-51(47,48)31-18-22(20-4-13-26(41)14-5-20)6-15-27(31)32-28(16-17-29(42)21-2-7-23(38)8-3-21)36(46)40(32)25-11-9-24(39)10-12-25/h2-15,18,28-30,32-35,37,41-45H,16-17,19H2,1H3/t28?,29-,30?,32+,33-,34+,35-,37+/m0/s1. The van der Waals surface area contributed by atoms with Crippen LogP contribution in [-0.2, 0) is 24.1 Å². The van der Waals surface area contributed by atoms with Gasteiger partial charge in [-0.1, -0.05) is 36.4 Å². The van der Waals surface area contributed by atoms with Crippen molar-refractivity contribution in [2.24, 2.45) is 5.92 Å². The predicted molar refractivity (Wildman–Crippen MR) is 180 cm³/mol. The van der Waals surface area contributed by atoms with Gasteiger partial charge in [-0.25, -0.2) is 17.2 Å². The van der Waals surface area contributed by atoms with Crippen LogP contribution in [0.2, 0.25) is 0 Å². The average molecular weight is 726 g/mol. The minimum absolute atomic E-state index is 0.00585. The van der Waals surface area contributed by atoms with Crippen LogP contribution in [0.25, 0.3) is 11.1 Å². The summed E-state index contributed by atoms with van der Waals surface area (Å²) in [5.74, 6) is -3.12. The smallest absolute Gasteiger partial charge is 0.233 e. The summed E-state index contributed by atoms with van der Waals surface area (Å²) in [4.78, 5) is 14.9. The molecule has 8 atom stereocenters. The third kappa shape index (κ3) is 7.39. The lowest BCUT2D eigenvalue weighted by atomic mass is 9.78. The maximum absolute atomic E-state index is 14.4. The molecule has 1 amide bonds. The van der Waals surface area contributed by atoms with E-state index in [1.807, 2.05) is 0 Å². The van der Waals surface area contributed by atoms with Gasteiger partial charge in [-0.3, -0.25) is 4.79 Å². The number of anilines is 1. The second-order valence-electron chi connectivity index (χ2n) is 12.7. The van der Waals surface area contributed by atoms with E-state index in [-0.39, 0.29) is 29.1 Å². The van der Waals surface area contributed by atoms with Crippen molar-refractivity contribution in [2.75, 3.05) is 17.8 Å². The summed E-state index contributed by atoms with van der Waals surface area (Å²) in [6, 6.07) is 20.2. The van der Waals surface area contributed by atoms with Crippen LogP contribution in [0.1, 0.15) is 36.1 Å². The molecule has 14 heteroatoms. The number of phenolic OH excluding ortho intramolecular Hbond substituents is 1. The minimum atomic E-state index is -4.45. The number of β-lactam (4-membered cyclic amide) rings is 1. The summed E-state index contributed by atoms with van der Waals surface area (Å²) in [6.45, 7) is 0. The number of carbonyl (C=O) groups is 1. The molecule has 0 bridgehead atoms. The number of phenols is 1. The van der Waals surface area contributed by atoms with E-state index in [9.17, 15) is 47.5 Å². The van der Waals surface area contributed by atoms with E-state index >= 15 is 0 Å². The van der Waals surface area contributed by atoms with Gasteiger partial charge < -0.3 is 39.9 Å². The molecule has 2 fully saturated rings. The number of sulfone groups is 1. The maximum atomic E-state index is 14.4. The molecule has 0 radical (unpaired) electrons. The molecule has 2 aliphatic rings. The largest absolute Gasteiger partial charge is 0.508 e. The summed E-state index contributed by atoms with van der Waals surface area (Å²) in [6.07, 6.45) is -9.06. The van der Waals surface area contributed by atoms with Gasteiger partial charge in [0.1, 0.15) is 41.8 Å². The quantitative estimate of drug-likeness (QED) is 0.143. The van der Waals surface area contributed by atoms with Crippen LogP contribution in [0.3, 0.4) is 0 Å². The molecule has 0 saturated carbocycles. The zero-order chi connectivity index (χ0) is 36.6. The fourth-order valence-corrected chi connectivity index (χ4v) is 8.44. The number of halogens is 2. The van der Waals surface area contributed by atoms with E-state index in [0.717, 1.165) is 0 Å². The summed E-state index contributed by atoms with van der Waals surface area (Å²) < 4.78 is 67.0. The van der Waals surface area contributed by atoms with Gasteiger partial charge in [-0.15, -0.1) is 0 Å². The van der Waals surface area contributed by atoms with E-state index in [1.165, 1.54) is 78.7 Å². The molecule has 5 N–H and O–H groups in total. The van der Waals surface area contributed by atoms with Crippen LogP contribution in [0.5, 0.6) is 5.75 Å². The molecule has 270 valence electrons. The molecule has 0 spiro atoms. The Morgan fingerprint density at radius 2 is 1.45 bits per heavy atom. The summed E-state index contributed by atoms with van der Waals surface area (Å²) in [5.41, 5.74) is 1.93. The Bertz CT molecular complexity index is 1960. The Balaban J connectivity index is 1.42. The number of hydrogen-bond acceptors (Lipinski definition) is 10. The highest BCUT2D eigenvalue weighted by Crippen LogP contribution is 2.49. The first kappa shape index (κ1) is 36.5. The molecular weight excluding hydrogens is 688 g/mol. The van der Waals surface area contributed by atoms with Gasteiger partial charge in [-0.05, 0) is 89.7 Å². The first-order valence-corrected chi connectivity index (χ1v) is 17.8. The molecule has 2 unspecified atom stereocenters. The normalized spacial score (nSPS) is 25.7. The van der Waals surface area contributed by atoms with E-state index in [1.54, 1.807) is 24.3 Å². The molecule has 51 heavy (non-hydrogen) atoms. The number of aromatic hydroxyl groups is 1. The van der Waals surface area contributed by atoms with E-state index in [2.05, 4.69) is 0 Å². The Labute approximate surface area is 292 Å². The molecule has 0 aromatic heterocycles. The van der Waals surface area contributed by atoms with Gasteiger partial charge in [0.2, 0.25) is 5.91 Å². The lowest BCUT2D eigenvalue weighted by Crippen LogP contribution is -2.59. The van der Waals surface area contributed by atoms with Crippen molar-refractivity contribution in [1.29, 1.82) is 0 Å². The topological polar surface area (TPSA) is 174 Å². The monoisotopic (exact) mass is 725 g/mol. The molecular formula is C37H37F2NO10S. The number of amides is 1. The first-order chi connectivity index (χ1) is 24.3. The second kappa shape index (κ2) is 14.8. The fraction of sp³-hybridized carbons (Fsp3) is 0.324. The zero-order valence-corrected chi connectivity index (χ0v) is 28.1. The number of rotatable bonds is 11. The summed E-state index contributed by atoms with van der Waals surface area (Å²) in [5, 5.41) is 52.2. The van der Waals surface area contributed by atoms with Crippen molar-refractivity contribution in [2.45, 2.75) is 60.6 Å². The molecule has 2 heterocycles. The molecule has 2 aliphatic heterocycles. The van der Waals surface area contributed by atoms with Crippen molar-refractivity contribution in [3.63, 3.8) is 0 Å². The van der Waals surface area contributed by atoms with E-state index < -0.39 is 81.9 Å². The molecule has 4 aromatic carbocycles. The van der Waals surface area contributed by atoms with Crippen LogP contribution < -0.4 is 4.90 Å². The Morgan fingerprint density at radius 1 is 0.843 bits per heavy atom. The van der Waals surface area contributed by atoms with Gasteiger partial charge in [0.25, 0.3) is 0 Å². The molecule has 11 nitrogen and oxygen atoms in total. The number of nitrogens with zero attached hydrogens (tertiary/aromatic N) is 1. The SMILES string of the molecule is CO[C@@H]1OC(CS(=O)(=O)c2cc(-c3ccc(O)cc3)ccc2[C@@H]2C(CC[C@H](O)c3ccc(F)cc3)C(=O)N2c2ccc(F)cc2)[C@H](O)[C@@H](O)[C@@H]1O. The van der Waals surface area contributed by atoms with E-state index in [0.29, 0.717) is 22.4 Å². The van der Waals surface area contributed by atoms with Crippen LogP contribution in [0.15, 0.2) is 95.9 Å². The van der Waals surface area contributed by atoms with Crippen LogP contribution >= 0.6 is 0 Å². The van der Waals surface area contributed by atoms with Gasteiger partial charge in [-0.2, -0.15) is 0 Å². The van der Waals surface area contributed by atoms with Gasteiger partial charge in [0.05, 0.1) is 28.7 Å². The highest BCUT2D eigenvalue weighted by molar-refractivity contribution is 7.91. The summed E-state index contributed by atoms with van der Waals surface area (Å²) >= 11 is 0. The molecule has 6 rings (SSSR count). The maximum Gasteiger partial charge on any atom is 0.233 e. The highest BCUT2D eigenvalue weighted by atomic mass is 32.2. The predicted octanol–water partition coefficient (Wildman–Crippen LogP) is 3.78. The Morgan fingerprint density at radius 3 is 2.08 bits per heavy atom. The van der Waals surface area contributed by atoms with Gasteiger partial charge in [0.15, 0.2) is 16.1 Å². The third-order valence-electron chi connectivity index (χ3n) is 9.48. The van der Waals surface area contributed by atoms with Gasteiger partial charge >= 0.3 is 0 Å². The number of ether oxygens (including phenoxy) is 2. The van der Waals surface area contributed by atoms with Gasteiger partial charge in [0, 0.05) is 12.8 Å². The van der Waals surface area contributed by atoms with Crippen molar-refractivity contribution in [1.82, 2.24) is 0 Å². The van der Waals surface area contributed by atoms with Crippen LogP contribution in [-0.4, -0.2) is 83.4 Å². The summed E-state index contributed by atoms with van der Waals surface area (Å²) in [7, 11) is -3.26. The van der Waals surface area contributed by atoms with Crippen LogP contribution in [0, 0.1) is 17.6 Å². The minimum Gasteiger partial charge on any atom is -0.508 e. The number of aliphatic hydroxyl groups excluding tert-OH is 4. The number of aliphatic hydroxyl groups is 4. The molecule has 4 aromatic rings. The average Bonchev–Trinajstić information content (AvgIpc) is 3.12. The van der Waals surface area contributed by atoms with E-state index in [4.69, 9.17) is 9.47 Å². The zero-order valence-electron chi connectivity index (χ0n) is 27.3. The highest BCUT2D eigenvalue weighted by Gasteiger charge is 2.51. The number of methoxy groups -OCH3 is 1. The Hall–Kier alpha value is -4.28. The lowest BCUT2D eigenvalue weighted by molar-refractivity contribution is -0.285. The Kier molecular flexibility index (Phi) is 10.6. The second-order valence-corrected chi connectivity index (χ2v) is 14.7. The lowest BCUT2D eigenvalue weighted by Gasteiger charge is -2.48. The van der Waals surface area contributed by atoms with Crippen molar-refractivity contribution >= 4 is 21.4 Å². The molecule has 0 aliphatic carbocycles. The van der Waals surface area contributed by atoms with Crippen molar-refractivity contribution in [3.05, 3.63) is 114 Å².